The van der Waals surface area contributed by atoms with Gasteiger partial charge in [0.25, 0.3) is 0 Å². The van der Waals surface area contributed by atoms with Gasteiger partial charge in [-0.05, 0) is 29.8 Å². The van der Waals surface area contributed by atoms with Crippen molar-refractivity contribution in [2.75, 3.05) is 7.11 Å². The topological polar surface area (TPSA) is 34.0 Å². The van der Waals surface area contributed by atoms with E-state index in [-0.39, 0.29) is 5.56 Å². The summed E-state index contributed by atoms with van der Waals surface area (Å²) in [5.41, 5.74) is 0.832. The molecule has 0 aliphatic carbocycles. The molecule has 2 aromatic rings. The molecule has 20 heavy (non-hydrogen) atoms. The summed E-state index contributed by atoms with van der Waals surface area (Å²) in [6.45, 7) is 0. The van der Waals surface area contributed by atoms with E-state index in [2.05, 4.69) is 16.1 Å². The van der Waals surface area contributed by atoms with Gasteiger partial charge in [-0.3, -0.25) is 0 Å². The predicted molar refractivity (Wildman–Crippen MR) is 80.4 cm³/mol. The lowest BCUT2D eigenvalue weighted by Gasteiger charge is -1.95. The molecule has 1 heterocycles. The van der Waals surface area contributed by atoms with E-state index in [1.807, 2.05) is 12.1 Å². The summed E-state index contributed by atoms with van der Waals surface area (Å²) in [7, 11) is 1.61. The number of halogens is 1. The lowest BCUT2D eigenvalue weighted by Crippen LogP contribution is -1.87. The highest BCUT2D eigenvalue weighted by molar-refractivity contribution is 7.15. The lowest BCUT2D eigenvalue weighted by atomic mass is 10.1. The molecule has 5 heteroatoms. The van der Waals surface area contributed by atoms with E-state index in [0.717, 1.165) is 9.94 Å². The highest BCUT2D eigenvalue weighted by Crippen LogP contribution is 2.22. The highest BCUT2D eigenvalue weighted by Gasteiger charge is 1.99. The molecule has 1 aromatic carbocycles. The summed E-state index contributed by atoms with van der Waals surface area (Å²) < 4.78 is 18.5. The molecule has 0 radical (unpaired) electrons. The highest BCUT2D eigenvalue weighted by atomic mass is 32.1. The van der Waals surface area contributed by atoms with Crippen LogP contribution < -0.4 is 4.74 Å². The Balaban J connectivity index is 2.03. The second-order valence-corrected chi connectivity index (χ2v) is 4.81. The van der Waals surface area contributed by atoms with Gasteiger partial charge in [-0.1, -0.05) is 23.3 Å². The minimum atomic E-state index is -0.441. The van der Waals surface area contributed by atoms with Crippen molar-refractivity contribution in [1.82, 2.24) is 0 Å². The first-order valence-electron chi connectivity index (χ1n) is 5.69. The van der Waals surface area contributed by atoms with Crippen LogP contribution in [0.2, 0.25) is 0 Å². The summed E-state index contributed by atoms with van der Waals surface area (Å²) in [6.07, 6.45) is 8.21. The van der Waals surface area contributed by atoms with Gasteiger partial charge < -0.3 is 4.74 Å². The Morgan fingerprint density at radius 2 is 2.05 bits per heavy atom. The van der Waals surface area contributed by atoms with Crippen LogP contribution >= 0.6 is 11.3 Å². The Bertz CT molecular complexity index is 698. The standard InChI is InChI=1S/C15H11FN2OS/c1-3-12-5-4-11(8-14(12)16)9-17-18-10-13-6-7-15(19-2)20-13/h1,4-10H,2H3/b17-9+,18-10+. The van der Waals surface area contributed by atoms with Crippen LogP contribution in [-0.2, 0) is 0 Å². The van der Waals surface area contributed by atoms with Crippen molar-refractivity contribution < 1.29 is 9.13 Å². The van der Waals surface area contributed by atoms with Gasteiger partial charge in [-0.25, -0.2) is 4.39 Å². The monoisotopic (exact) mass is 286 g/mol. The van der Waals surface area contributed by atoms with Crippen molar-refractivity contribution in [1.29, 1.82) is 0 Å². The van der Waals surface area contributed by atoms with E-state index in [1.54, 1.807) is 19.4 Å². The molecule has 100 valence electrons. The van der Waals surface area contributed by atoms with E-state index < -0.39 is 5.82 Å². The third-order valence-corrected chi connectivity index (χ3v) is 3.39. The normalized spacial score (nSPS) is 11.1. The number of nitrogens with zero attached hydrogens (tertiary/aromatic N) is 2. The van der Waals surface area contributed by atoms with Gasteiger partial charge in [0.1, 0.15) is 5.82 Å². The first-order valence-corrected chi connectivity index (χ1v) is 6.51. The van der Waals surface area contributed by atoms with Crippen LogP contribution in [0.25, 0.3) is 0 Å². The van der Waals surface area contributed by atoms with Gasteiger partial charge in [0.2, 0.25) is 0 Å². The molecule has 0 N–H and O–H groups in total. The average molecular weight is 286 g/mol. The van der Waals surface area contributed by atoms with Crippen molar-refractivity contribution in [3.63, 3.8) is 0 Å². The van der Waals surface area contributed by atoms with Crippen molar-refractivity contribution in [3.05, 3.63) is 52.2 Å². The maximum Gasteiger partial charge on any atom is 0.173 e. The third-order valence-electron chi connectivity index (χ3n) is 2.41. The fourth-order valence-electron chi connectivity index (χ4n) is 1.43. The smallest absolute Gasteiger partial charge is 0.173 e. The fourth-order valence-corrected chi connectivity index (χ4v) is 2.12. The van der Waals surface area contributed by atoms with E-state index in [1.165, 1.54) is 29.7 Å². The van der Waals surface area contributed by atoms with Crippen molar-refractivity contribution in [2.24, 2.45) is 10.2 Å². The van der Waals surface area contributed by atoms with Gasteiger partial charge in [0, 0.05) is 0 Å². The summed E-state index contributed by atoms with van der Waals surface area (Å²) in [4.78, 5) is 0.924. The number of terminal acetylenes is 1. The number of rotatable bonds is 4. The lowest BCUT2D eigenvalue weighted by molar-refractivity contribution is 0.427. The number of hydrogen-bond donors (Lipinski definition) is 0. The van der Waals surface area contributed by atoms with Crippen LogP contribution in [0.4, 0.5) is 4.39 Å². The van der Waals surface area contributed by atoms with Gasteiger partial charge in [-0.2, -0.15) is 10.2 Å². The molecule has 0 fully saturated rings. The van der Waals surface area contributed by atoms with Crippen molar-refractivity contribution >= 4 is 23.8 Å². The van der Waals surface area contributed by atoms with Crippen LogP contribution in [0.1, 0.15) is 16.0 Å². The van der Waals surface area contributed by atoms with Gasteiger partial charge >= 0.3 is 0 Å². The van der Waals surface area contributed by atoms with Crippen LogP contribution in [-0.4, -0.2) is 19.5 Å². The number of benzene rings is 1. The summed E-state index contributed by atoms with van der Waals surface area (Å²) in [6, 6.07) is 8.27. The molecule has 0 aliphatic rings. The summed E-state index contributed by atoms with van der Waals surface area (Å²) >= 11 is 1.46. The predicted octanol–water partition coefficient (Wildman–Crippen LogP) is 3.33. The Kier molecular flexibility index (Phi) is 4.64. The molecule has 0 saturated carbocycles. The summed E-state index contributed by atoms with van der Waals surface area (Å²) in [5, 5.41) is 8.56. The minimum absolute atomic E-state index is 0.233. The first kappa shape index (κ1) is 14.0. The van der Waals surface area contributed by atoms with E-state index in [0.29, 0.717) is 5.56 Å². The van der Waals surface area contributed by atoms with E-state index >= 15 is 0 Å². The Hall–Kier alpha value is -2.45. The van der Waals surface area contributed by atoms with E-state index in [9.17, 15) is 4.39 Å². The number of hydrogen-bond acceptors (Lipinski definition) is 4. The molecule has 0 atom stereocenters. The molecular formula is C15H11FN2OS. The summed E-state index contributed by atoms with van der Waals surface area (Å²) in [5.74, 6) is 1.82. The average Bonchev–Trinajstić information content (AvgIpc) is 2.92. The van der Waals surface area contributed by atoms with Gasteiger partial charge in [-0.15, -0.1) is 6.42 Å². The quantitative estimate of drug-likeness (QED) is 0.482. The zero-order valence-corrected chi connectivity index (χ0v) is 11.5. The number of methoxy groups -OCH3 is 1. The first-order chi connectivity index (χ1) is 9.72. The van der Waals surface area contributed by atoms with Gasteiger partial charge in [0.05, 0.1) is 30.0 Å². The second-order valence-electron chi connectivity index (χ2n) is 3.73. The van der Waals surface area contributed by atoms with Crippen LogP contribution in [0.3, 0.4) is 0 Å². The van der Waals surface area contributed by atoms with Gasteiger partial charge in [0.15, 0.2) is 5.06 Å². The van der Waals surface area contributed by atoms with Crippen LogP contribution in [0.15, 0.2) is 40.5 Å². The Morgan fingerprint density at radius 1 is 1.25 bits per heavy atom. The molecule has 2 rings (SSSR count). The molecule has 0 saturated heterocycles. The Labute approximate surface area is 120 Å². The molecule has 0 spiro atoms. The zero-order valence-electron chi connectivity index (χ0n) is 10.7. The van der Waals surface area contributed by atoms with Crippen molar-refractivity contribution in [3.8, 4) is 17.4 Å². The third kappa shape index (κ3) is 3.53. The molecule has 0 amide bonds. The molecule has 0 bridgehead atoms. The second kappa shape index (κ2) is 6.64. The zero-order chi connectivity index (χ0) is 14.4. The largest absolute Gasteiger partial charge is 0.487 e. The van der Waals surface area contributed by atoms with Crippen LogP contribution in [0.5, 0.6) is 5.06 Å². The fraction of sp³-hybridized carbons (Fsp3) is 0.0667. The van der Waals surface area contributed by atoms with Crippen molar-refractivity contribution in [2.45, 2.75) is 0 Å². The minimum Gasteiger partial charge on any atom is -0.487 e. The number of ether oxygens (including phenoxy) is 1. The number of thiophene rings is 1. The SMILES string of the molecule is C#Cc1ccc(/C=N/N=C/c2ccc(OC)s2)cc1F. The van der Waals surface area contributed by atoms with E-state index in [4.69, 9.17) is 11.2 Å². The Morgan fingerprint density at radius 3 is 2.70 bits per heavy atom. The molecule has 1 aromatic heterocycles. The maximum atomic E-state index is 13.4. The maximum absolute atomic E-state index is 13.4. The molecule has 3 nitrogen and oxygen atoms in total. The molecule has 0 unspecified atom stereocenters. The van der Waals surface area contributed by atoms with Crippen LogP contribution in [0, 0.1) is 18.2 Å². The molecular weight excluding hydrogens is 275 g/mol. The molecule has 0 aliphatic heterocycles.